The number of para-hydroxylation sites is 2. The first-order valence-corrected chi connectivity index (χ1v) is 9.45. The Morgan fingerprint density at radius 2 is 2.07 bits per heavy atom. The molecule has 1 unspecified atom stereocenters. The molecule has 5 rings (SSSR count). The smallest absolute Gasteiger partial charge is 0.309 e. The van der Waals surface area contributed by atoms with Crippen LogP contribution in [0.5, 0.6) is 0 Å². The number of benzene rings is 1. The lowest BCUT2D eigenvalue weighted by atomic mass is 9.72. The Hall–Kier alpha value is -2.94. The summed E-state index contributed by atoms with van der Waals surface area (Å²) >= 11 is 1.27. The molecule has 0 saturated carbocycles. The molecule has 9 heteroatoms. The van der Waals surface area contributed by atoms with Crippen molar-refractivity contribution in [3.05, 3.63) is 40.8 Å². The number of hydrogen-bond donors (Lipinski definition) is 1. The lowest BCUT2D eigenvalue weighted by molar-refractivity contribution is -0.145. The van der Waals surface area contributed by atoms with E-state index in [0.717, 1.165) is 5.52 Å². The first kappa shape index (κ1) is 16.2. The molecule has 4 heterocycles. The van der Waals surface area contributed by atoms with Crippen LogP contribution in [0.2, 0.25) is 0 Å². The van der Waals surface area contributed by atoms with Gasteiger partial charge in [-0.1, -0.05) is 12.1 Å². The molecule has 3 aromatic rings. The van der Waals surface area contributed by atoms with Gasteiger partial charge in [0.25, 0.3) is 11.9 Å². The number of anilines is 1. The second kappa shape index (κ2) is 5.78. The van der Waals surface area contributed by atoms with E-state index in [1.807, 2.05) is 29.2 Å². The zero-order chi connectivity index (χ0) is 18.6. The first-order valence-electron chi connectivity index (χ1n) is 8.57. The number of amides is 1. The van der Waals surface area contributed by atoms with Gasteiger partial charge >= 0.3 is 5.97 Å². The zero-order valence-corrected chi connectivity index (χ0v) is 15.1. The van der Waals surface area contributed by atoms with Gasteiger partial charge in [0.15, 0.2) is 5.58 Å². The third kappa shape index (κ3) is 2.49. The lowest BCUT2D eigenvalue weighted by Gasteiger charge is -2.48. The Bertz CT molecular complexity index is 992. The summed E-state index contributed by atoms with van der Waals surface area (Å²) in [6.45, 7) is 1.64. The SMILES string of the molecule is O=C(O)C1CN(C(=O)c2cncs2)CC12CN(c1nc3ccccc3o1)C2. The Morgan fingerprint density at radius 1 is 1.26 bits per heavy atom. The van der Waals surface area contributed by atoms with Crippen LogP contribution in [0.3, 0.4) is 0 Å². The molecule has 1 amide bonds. The topological polar surface area (TPSA) is 99.8 Å². The number of fused-ring (bicyclic) bond motifs is 1. The zero-order valence-electron chi connectivity index (χ0n) is 14.2. The number of hydrogen-bond acceptors (Lipinski definition) is 7. The molecule has 0 radical (unpaired) electrons. The molecule has 1 atom stereocenters. The van der Waals surface area contributed by atoms with E-state index < -0.39 is 17.3 Å². The number of carbonyl (C=O) groups is 2. The predicted octanol–water partition coefficient (Wildman–Crippen LogP) is 1.95. The van der Waals surface area contributed by atoms with Crippen molar-refractivity contribution in [3.63, 3.8) is 0 Å². The van der Waals surface area contributed by atoms with Gasteiger partial charge in [-0.2, -0.15) is 4.98 Å². The molecule has 138 valence electrons. The van der Waals surface area contributed by atoms with Crippen LogP contribution >= 0.6 is 11.3 Å². The first-order chi connectivity index (χ1) is 13.1. The maximum atomic E-state index is 12.6. The molecular weight excluding hydrogens is 368 g/mol. The van der Waals surface area contributed by atoms with Gasteiger partial charge < -0.3 is 19.3 Å². The number of carboxylic acid groups (broad SMARTS) is 1. The largest absolute Gasteiger partial charge is 0.481 e. The van der Waals surface area contributed by atoms with Crippen molar-refractivity contribution in [2.45, 2.75) is 0 Å². The predicted molar refractivity (Wildman–Crippen MR) is 97.8 cm³/mol. The summed E-state index contributed by atoms with van der Waals surface area (Å²) < 4.78 is 5.78. The van der Waals surface area contributed by atoms with Crippen molar-refractivity contribution >= 4 is 40.3 Å². The van der Waals surface area contributed by atoms with Gasteiger partial charge in [0, 0.05) is 31.6 Å². The third-order valence-electron chi connectivity index (χ3n) is 5.44. The Labute approximate surface area is 158 Å². The summed E-state index contributed by atoms with van der Waals surface area (Å²) in [5, 5.41) is 9.71. The third-order valence-corrected chi connectivity index (χ3v) is 6.20. The highest BCUT2D eigenvalue weighted by atomic mass is 32.1. The van der Waals surface area contributed by atoms with Crippen LogP contribution in [0.15, 0.2) is 40.4 Å². The highest BCUT2D eigenvalue weighted by Gasteiger charge is 2.59. The van der Waals surface area contributed by atoms with Crippen LogP contribution in [-0.2, 0) is 4.79 Å². The molecule has 2 fully saturated rings. The minimum Gasteiger partial charge on any atom is -0.481 e. The lowest BCUT2D eigenvalue weighted by Crippen LogP contribution is -2.62. The number of likely N-dealkylation sites (tertiary alicyclic amines) is 1. The van der Waals surface area contributed by atoms with E-state index in [-0.39, 0.29) is 12.5 Å². The van der Waals surface area contributed by atoms with Crippen molar-refractivity contribution in [1.82, 2.24) is 14.9 Å². The molecule has 27 heavy (non-hydrogen) atoms. The number of carbonyl (C=O) groups excluding carboxylic acids is 1. The fourth-order valence-electron chi connectivity index (χ4n) is 4.11. The van der Waals surface area contributed by atoms with Crippen LogP contribution < -0.4 is 4.90 Å². The average Bonchev–Trinajstić information content (AvgIpc) is 3.35. The summed E-state index contributed by atoms with van der Waals surface area (Å²) in [6, 6.07) is 8.01. The van der Waals surface area contributed by atoms with Gasteiger partial charge in [-0.3, -0.25) is 14.6 Å². The van der Waals surface area contributed by atoms with Crippen LogP contribution in [-0.4, -0.2) is 58.0 Å². The van der Waals surface area contributed by atoms with Gasteiger partial charge in [-0.05, 0) is 12.1 Å². The van der Waals surface area contributed by atoms with E-state index in [2.05, 4.69) is 9.97 Å². The summed E-state index contributed by atoms with van der Waals surface area (Å²) in [7, 11) is 0. The normalized spacial score (nSPS) is 21.0. The summed E-state index contributed by atoms with van der Waals surface area (Å²) in [6.07, 6.45) is 1.53. The summed E-state index contributed by atoms with van der Waals surface area (Å²) in [5.41, 5.74) is 2.60. The molecule has 2 aliphatic rings. The number of aromatic nitrogens is 2. The number of thiazole rings is 1. The van der Waals surface area contributed by atoms with Crippen molar-refractivity contribution < 1.29 is 19.1 Å². The second-order valence-corrected chi connectivity index (χ2v) is 8.01. The Morgan fingerprint density at radius 3 is 2.78 bits per heavy atom. The van der Waals surface area contributed by atoms with Crippen LogP contribution in [0.1, 0.15) is 9.67 Å². The average molecular weight is 384 g/mol. The number of oxazole rings is 1. The maximum absolute atomic E-state index is 12.6. The maximum Gasteiger partial charge on any atom is 0.309 e. The van der Waals surface area contributed by atoms with Crippen LogP contribution in [0, 0.1) is 11.3 Å². The highest BCUT2D eigenvalue weighted by molar-refractivity contribution is 7.11. The highest BCUT2D eigenvalue weighted by Crippen LogP contribution is 2.46. The van der Waals surface area contributed by atoms with E-state index in [1.54, 1.807) is 10.4 Å². The fourth-order valence-corrected chi connectivity index (χ4v) is 4.69. The minimum atomic E-state index is -0.869. The second-order valence-electron chi connectivity index (χ2n) is 7.12. The van der Waals surface area contributed by atoms with E-state index in [4.69, 9.17) is 4.42 Å². The number of nitrogens with zero attached hydrogens (tertiary/aromatic N) is 4. The molecule has 1 aromatic carbocycles. The Kier molecular flexibility index (Phi) is 3.48. The number of rotatable bonds is 3. The minimum absolute atomic E-state index is 0.152. The molecule has 1 spiro atoms. The van der Waals surface area contributed by atoms with E-state index in [1.165, 1.54) is 17.5 Å². The quantitative estimate of drug-likeness (QED) is 0.737. The summed E-state index contributed by atoms with van der Waals surface area (Å²) in [4.78, 5) is 37.0. The van der Waals surface area contributed by atoms with Gasteiger partial charge in [0.1, 0.15) is 10.4 Å². The van der Waals surface area contributed by atoms with Gasteiger partial charge in [-0.15, -0.1) is 11.3 Å². The monoisotopic (exact) mass is 384 g/mol. The van der Waals surface area contributed by atoms with Gasteiger partial charge in [0.05, 0.1) is 17.6 Å². The van der Waals surface area contributed by atoms with E-state index in [0.29, 0.717) is 36.1 Å². The molecule has 2 aliphatic heterocycles. The molecule has 2 aromatic heterocycles. The summed E-state index contributed by atoms with van der Waals surface area (Å²) in [5.74, 6) is -1.62. The molecule has 8 nitrogen and oxygen atoms in total. The van der Waals surface area contributed by atoms with Crippen molar-refractivity contribution in [3.8, 4) is 0 Å². The van der Waals surface area contributed by atoms with Crippen LogP contribution in [0.4, 0.5) is 6.01 Å². The molecule has 1 N–H and O–H groups in total. The molecular formula is C18H16N4O4S. The molecule has 0 aliphatic carbocycles. The van der Waals surface area contributed by atoms with Crippen LogP contribution in [0.25, 0.3) is 11.1 Å². The number of carboxylic acids is 1. The van der Waals surface area contributed by atoms with E-state index in [9.17, 15) is 14.7 Å². The fraction of sp³-hybridized carbons (Fsp3) is 0.333. The Balaban J connectivity index is 1.37. The van der Waals surface area contributed by atoms with Gasteiger partial charge in [0.2, 0.25) is 0 Å². The number of aliphatic carboxylic acids is 1. The van der Waals surface area contributed by atoms with Crippen molar-refractivity contribution in [1.29, 1.82) is 0 Å². The van der Waals surface area contributed by atoms with E-state index >= 15 is 0 Å². The van der Waals surface area contributed by atoms with Crippen molar-refractivity contribution in [2.24, 2.45) is 11.3 Å². The molecule has 2 saturated heterocycles. The van der Waals surface area contributed by atoms with Gasteiger partial charge in [-0.25, -0.2) is 0 Å². The standard InChI is InChI=1S/C18H16N4O4S/c23-15(14-5-19-10-27-14)21-6-11(16(24)25)18(7-21)8-22(9-18)17-20-12-3-1-2-4-13(12)26-17/h1-5,10-11H,6-9H2,(H,24,25). The molecule has 0 bridgehead atoms. The van der Waals surface area contributed by atoms with Crippen molar-refractivity contribution in [2.75, 3.05) is 31.1 Å².